The normalized spacial score (nSPS) is 11.9. The topological polar surface area (TPSA) is 115 Å². The lowest BCUT2D eigenvalue weighted by Crippen LogP contribution is -2.15. The molecule has 0 bridgehead atoms. The predicted octanol–water partition coefficient (Wildman–Crippen LogP) is -0.264. The molecule has 102 valence electrons. The Labute approximate surface area is 108 Å². The predicted molar refractivity (Wildman–Crippen MR) is 70.8 cm³/mol. The molecule has 0 radical (unpaired) electrons. The van der Waals surface area contributed by atoms with E-state index in [2.05, 4.69) is 25.7 Å². The number of hydrogen-bond acceptors (Lipinski definition) is 8. The van der Waals surface area contributed by atoms with E-state index in [4.69, 9.17) is 10.6 Å². The minimum absolute atomic E-state index is 0.210. The highest BCUT2D eigenvalue weighted by Gasteiger charge is 2.05. The van der Waals surface area contributed by atoms with Gasteiger partial charge in [-0.05, 0) is 13.3 Å². The number of nitrogen functional groups attached to an aromatic ring is 1. The molecule has 1 heterocycles. The quantitative estimate of drug-likeness (QED) is 0.337. The molecule has 4 N–H and O–H groups in total. The van der Waals surface area contributed by atoms with Gasteiger partial charge in [-0.25, -0.2) is 5.84 Å². The maximum atomic E-state index is 10.9. The molecular formula is C9H18N6O2S. The molecule has 1 rings (SSSR count). The van der Waals surface area contributed by atoms with Gasteiger partial charge in [-0.3, -0.25) is 9.63 Å². The number of aromatic nitrogens is 3. The van der Waals surface area contributed by atoms with Gasteiger partial charge in [-0.2, -0.15) is 15.0 Å². The molecule has 0 saturated carbocycles. The molecule has 8 nitrogen and oxygen atoms in total. The molecule has 0 aliphatic carbocycles. The lowest BCUT2D eigenvalue weighted by molar-refractivity contribution is 0.312. The van der Waals surface area contributed by atoms with Crippen LogP contribution < -0.4 is 21.3 Å². The van der Waals surface area contributed by atoms with E-state index < -0.39 is 10.8 Å². The molecule has 1 aromatic heterocycles. The molecule has 1 unspecified atom stereocenters. The smallest absolute Gasteiger partial charge is 0.323 e. The second kappa shape index (κ2) is 7.77. The molecule has 0 aliphatic rings. The monoisotopic (exact) mass is 274 g/mol. The maximum Gasteiger partial charge on any atom is 0.323 e. The molecular weight excluding hydrogens is 256 g/mol. The van der Waals surface area contributed by atoms with Crippen molar-refractivity contribution < 1.29 is 8.95 Å². The van der Waals surface area contributed by atoms with Crippen molar-refractivity contribution in [3.8, 4) is 6.01 Å². The van der Waals surface area contributed by atoms with Crippen LogP contribution in [-0.2, 0) is 10.8 Å². The van der Waals surface area contributed by atoms with Crippen LogP contribution in [0.1, 0.15) is 13.3 Å². The summed E-state index contributed by atoms with van der Waals surface area (Å²) in [7, 11) is -0.787. The van der Waals surface area contributed by atoms with Crippen LogP contribution in [0.2, 0.25) is 0 Å². The van der Waals surface area contributed by atoms with Gasteiger partial charge >= 0.3 is 6.01 Å². The molecule has 9 heteroatoms. The Kier molecular flexibility index (Phi) is 6.29. The van der Waals surface area contributed by atoms with Gasteiger partial charge in [-0.15, -0.1) is 0 Å². The van der Waals surface area contributed by atoms with Gasteiger partial charge in [0.25, 0.3) is 0 Å². The Hall–Kier alpha value is -1.48. The highest BCUT2D eigenvalue weighted by Crippen LogP contribution is 2.10. The summed E-state index contributed by atoms with van der Waals surface area (Å²) in [4.78, 5) is 12.0. The zero-order valence-electron chi connectivity index (χ0n) is 10.5. The summed E-state index contributed by atoms with van der Waals surface area (Å²) in [5.74, 6) is 6.50. The molecule has 0 aliphatic heterocycles. The van der Waals surface area contributed by atoms with Crippen LogP contribution in [0.4, 0.5) is 11.9 Å². The van der Waals surface area contributed by atoms with E-state index in [1.165, 1.54) is 0 Å². The third-order valence-corrected chi connectivity index (χ3v) is 2.77. The van der Waals surface area contributed by atoms with E-state index in [0.717, 1.165) is 6.42 Å². The van der Waals surface area contributed by atoms with Gasteiger partial charge in [-0.1, -0.05) is 0 Å². The summed E-state index contributed by atoms with van der Waals surface area (Å²) >= 11 is 0. The van der Waals surface area contributed by atoms with Gasteiger partial charge < -0.3 is 10.1 Å². The molecule has 0 fully saturated rings. The molecule has 1 aromatic rings. The minimum atomic E-state index is -0.787. The SMILES string of the molecule is CCOc1nc(NN)nc(NCCCS(C)=O)n1. The van der Waals surface area contributed by atoms with E-state index in [1.807, 2.05) is 6.92 Å². The number of hydrazine groups is 1. The second-order valence-electron chi connectivity index (χ2n) is 3.40. The van der Waals surface area contributed by atoms with E-state index in [1.54, 1.807) is 6.26 Å². The Morgan fingerprint density at radius 1 is 1.33 bits per heavy atom. The van der Waals surface area contributed by atoms with Crippen molar-refractivity contribution in [1.29, 1.82) is 0 Å². The van der Waals surface area contributed by atoms with Crippen molar-refractivity contribution in [2.24, 2.45) is 5.84 Å². The van der Waals surface area contributed by atoms with Gasteiger partial charge in [0.15, 0.2) is 0 Å². The average Bonchev–Trinajstić information content (AvgIpc) is 2.34. The third-order valence-electron chi connectivity index (χ3n) is 1.91. The van der Waals surface area contributed by atoms with Crippen LogP contribution in [0.25, 0.3) is 0 Å². The van der Waals surface area contributed by atoms with Crippen molar-refractivity contribution in [1.82, 2.24) is 15.0 Å². The molecule has 0 saturated heterocycles. The number of nitrogens with two attached hydrogens (primary N) is 1. The van der Waals surface area contributed by atoms with E-state index in [0.29, 0.717) is 24.9 Å². The van der Waals surface area contributed by atoms with Crippen molar-refractivity contribution in [3.05, 3.63) is 0 Å². The summed E-state index contributed by atoms with van der Waals surface area (Å²) in [6, 6.07) is 0.210. The Balaban J connectivity index is 2.57. The highest BCUT2D eigenvalue weighted by molar-refractivity contribution is 7.84. The van der Waals surface area contributed by atoms with Gasteiger partial charge in [0.2, 0.25) is 11.9 Å². The zero-order valence-corrected chi connectivity index (χ0v) is 11.3. The van der Waals surface area contributed by atoms with Crippen molar-refractivity contribution in [2.75, 3.05) is 35.9 Å². The van der Waals surface area contributed by atoms with Crippen LogP contribution in [0.15, 0.2) is 0 Å². The molecule has 18 heavy (non-hydrogen) atoms. The van der Waals surface area contributed by atoms with Crippen LogP contribution in [-0.4, -0.2) is 44.3 Å². The fourth-order valence-corrected chi connectivity index (χ4v) is 1.72. The Morgan fingerprint density at radius 3 is 2.67 bits per heavy atom. The first-order valence-corrected chi connectivity index (χ1v) is 7.27. The number of nitrogens with zero attached hydrogens (tertiary/aromatic N) is 3. The maximum absolute atomic E-state index is 10.9. The van der Waals surface area contributed by atoms with Crippen molar-refractivity contribution in [3.63, 3.8) is 0 Å². The van der Waals surface area contributed by atoms with E-state index >= 15 is 0 Å². The summed E-state index contributed by atoms with van der Waals surface area (Å²) in [6.45, 7) is 2.92. The fourth-order valence-electron chi connectivity index (χ4n) is 1.17. The Bertz CT molecular complexity index is 403. The largest absolute Gasteiger partial charge is 0.464 e. The van der Waals surface area contributed by atoms with Crippen LogP contribution in [0, 0.1) is 0 Å². The highest BCUT2D eigenvalue weighted by atomic mass is 32.2. The summed E-state index contributed by atoms with van der Waals surface area (Å²) < 4.78 is 16.1. The average molecular weight is 274 g/mol. The summed E-state index contributed by atoms with van der Waals surface area (Å²) in [6.07, 6.45) is 2.44. The van der Waals surface area contributed by atoms with Crippen LogP contribution >= 0.6 is 0 Å². The number of nitrogens with one attached hydrogen (secondary N) is 2. The van der Waals surface area contributed by atoms with Gasteiger partial charge in [0.05, 0.1) is 6.61 Å². The Morgan fingerprint density at radius 2 is 2.06 bits per heavy atom. The zero-order chi connectivity index (χ0) is 13.4. The van der Waals surface area contributed by atoms with Gasteiger partial charge in [0, 0.05) is 29.4 Å². The van der Waals surface area contributed by atoms with Crippen LogP contribution in [0.3, 0.4) is 0 Å². The van der Waals surface area contributed by atoms with E-state index in [9.17, 15) is 4.21 Å². The van der Waals surface area contributed by atoms with Crippen LogP contribution in [0.5, 0.6) is 6.01 Å². The van der Waals surface area contributed by atoms with E-state index in [-0.39, 0.29) is 12.0 Å². The third kappa shape index (κ3) is 5.23. The first kappa shape index (κ1) is 14.6. The summed E-state index contributed by atoms with van der Waals surface area (Å²) in [5, 5.41) is 3.00. The molecule has 0 amide bonds. The molecule has 1 atom stereocenters. The summed E-state index contributed by atoms with van der Waals surface area (Å²) in [5.41, 5.74) is 2.34. The number of rotatable bonds is 8. The second-order valence-corrected chi connectivity index (χ2v) is 4.95. The van der Waals surface area contributed by atoms with Crippen molar-refractivity contribution >= 4 is 22.7 Å². The lowest BCUT2D eigenvalue weighted by atomic mass is 10.5. The number of hydrogen-bond donors (Lipinski definition) is 3. The van der Waals surface area contributed by atoms with Gasteiger partial charge in [0.1, 0.15) is 0 Å². The minimum Gasteiger partial charge on any atom is -0.464 e. The molecule has 0 spiro atoms. The first-order valence-electron chi connectivity index (χ1n) is 5.55. The standard InChI is InChI=1S/C9H18N6O2S/c1-3-17-9-13-7(12-8(14-9)15-10)11-5-4-6-18(2)16/h3-6,10H2,1-2H3,(H2,11,12,13,14,15). The number of anilines is 2. The lowest BCUT2D eigenvalue weighted by Gasteiger charge is -2.08. The fraction of sp³-hybridized carbons (Fsp3) is 0.667. The number of ether oxygens (including phenoxy) is 1. The molecule has 0 aromatic carbocycles. The van der Waals surface area contributed by atoms with Crippen molar-refractivity contribution in [2.45, 2.75) is 13.3 Å². The first-order chi connectivity index (χ1) is 8.65.